The van der Waals surface area contributed by atoms with Gasteiger partial charge in [0.15, 0.2) is 0 Å². The average molecular weight is 313 g/mol. The lowest BCUT2D eigenvalue weighted by Gasteiger charge is -2.02. The van der Waals surface area contributed by atoms with Gasteiger partial charge in [0.2, 0.25) is 0 Å². The highest BCUT2D eigenvalue weighted by Crippen LogP contribution is 2.11. The van der Waals surface area contributed by atoms with Crippen molar-refractivity contribution in [2.75, 3.05) is 0 Å². The normalized spacial score (nSPS) is 9.35. The zero-order valence-corrected chi connectivity index (χ0v) is 16.4. The van der Waals surface area contributed by atoms with Crippen molar-refractivity contribution in [2.45, 2.75) is 74.1 Å². The van der Waals surface area contributed by atoms with Crippen LogP contribution in [-0.2, 0) is 19.3 Å². The van der Waals surface area contributed by atoms with Crippen LogP contribution in [0.5, 0.6) is 0 Å². The van der Waals surface area contributed by atoms with Gasteiger partial charge in [0.05, 0.1) is 0 Å². The highest BCUT2D eigenvalue weighted by Gasteiger charge is 1.94. The Morgan fingerprint density at radius 3 is 1.61 bits per heavy atom. The van der Waals surface area contributed by atoms with Crippen molar-refractivity contribution in [2.24, 2.45) is 0 Å². The van der Waals surface area contributed by atoms with Crippen molar-refractivity contribution in [1.29, 1.82) is 0 Å². The maximum absolute atomic E-state index is 2.29. The fourth-order valence-electron chi connectivity index (χ4n) is 2.50. The molecule has 0 N–H and O–H groups in total. The summed E-state index contributed by atoms with van der Waals surface area (Å²) in [6.07, 6.45) is 4.76. The first-order chi connectivity index (χ1) is 11.1. The Kier molecular flexibility index (Phi) is 12.1. The fraction of sp³-hybridized carbons (Fsp3) is 0.478. The molecule has 0 atom stereocenters. The van der Waals surface area contributed by atoms with Crippen LogP contribution in [0.1, 0.15) is 68.9 Å². The zero-order valence-electron chi connectivity index (χ0n) is 16.4. The van der Waals surface area contributed by atoms with E-state index in [0.717, 1.165) is 12.8 Å². The minimum atomic E-state index is 1.16. The Labute approximate surface area is 145 Å². The van der Waals surface area contributed by atoms with E-state index >= 15 is 0 Å². The molecule has 0 fully saturated rings. The number of hydrogen-bond donors (Lipinski definition) is 0. The van der Waals surface area contributed by atoms with Gasteiger partial charge in [0.25, 0.3) is 0 Å². The van der Waals surface area contributed by atoms with Gasteiger partial charge in [-0.1, -0.05) is 83.5 Å². The molecule has 0 heteroatoms. The lowest BCUT2D eigenvalue weighted by atomic mass is 10.0. The van der Waals surface area contributed by atoms with Crippen LogP contribution < -0.4 is 0 Å². The van der Waals surface area contributed by atoms with Crippen LogP contribution in [0.2, 0.25) is 0 Å². The van der Waals surface area contributed by atoms with E-state index in [1.165, 1.54) is 40.7 Å². The molecule has 0 heterocycles. The molecule has 0 aliphatic rings. The standard InChI is InChI=1S/C11H16.C10H14.C2H6/c1-4-5-11-7-6-9(2)10(3)8-11;1-3-9-7-5-6-8-10(9)4-2;1-2/h6-8H,4-5H2,1-3H3;5-8H,3-4H2,1-2H3;1-2H3. The number of hydrogen-bond acceptors (Lipinski definition) is 0. The molecule has 0 bridgehead atoms. The third kappa shape index (κ3) is 8.02. The topological polar surface area (TPSA) is 0 Å². The first-order valence-corrected chi connectivity index (χ1v) is 9.25. The number of rotatable bonds is 4. The molecule has 2 rings (SSSR count). The van der Waals surface area contributed by atoms with Gasteiger partial charge in [-0.05, 0) is 60.9 Å². The van der Waals surface area contributed by atoms with Gasteiger partial charge in [0, 0.05) is 0 Å². The molecule has 0 aromatic heterocycles. The van der Waals surface area contributed by atoms with Gasteiger partial charge < -0.3 is 0 Å². The first kappa shape index (κ1) is 21.4. The number of benzene rings is 2. The van der Waals surface area contributed by atoms with Crippen molar-refractivity contribution in [3.63, 3.8) is 0 Å². The summed E-state index contributed by atoms with van der Waals surface area (Å²) in [7, 11) is 0. The monoisotopic (exact) mass is 312 g/mol. The van der Waals surface area contributed by atoms with Crippen LogP contribution >= 0.6 is 0 Å². The number of aryl methyl sites for hydroxylation is 5. The van der Waals surface area contributed by atoms with Gasteiger partial charge >= 0.3 is 0 Å². The van der Waals surface area contributed by atoms with Crippen LogP contribution in [0.4, 0.5) is 0 Å². The smallest absolute Gasteiger partial charge is 0.0281 e. The molecule has 0 amide bonds. The van der Waals surface area contributed by atoms with Crippen LogP contribution in [-0.4, -0.2) is 0 Å². The summed E-state index contributed by atoms with van der Waals surface area (Å²) in [5, 5.41) is 0. The van der Waals surface area contributed by atoms with Gasteiger partial charge in [-0.15, -0.1) is 0 Å². The van der Waals surface area contributed by atoms with Gasteiger partial charge in [0.1, 0.15) is 0 Å². The quantitative estimate of drug-likeness (QED) is 0.565. The molecule has 0 aliphatic carbocycles. The third-order valence-electron chi connectivity index (χ3n) is 3.99. The maximum atomic E-state index is 2.29. The summed E-state index contributed by atoms with van der Waals surface area (Å²) in [5.41, 5.74) is 7.26. The fourth-order valence-corrected chi connectivity index (χ4v) is 2.50. The largest absolute Gasteiger partial charge is 0.0683 e. The third-order valence-corrected chi connectivity index (χ3v) is 3.99. The molecule has 0 spiro atoms. The van der Waals surface area contributed by atoms with E-state index in [-0.39, 0.29) is 0 Å². The molecule has 0 unspecified atom stereocenters. The van der Waals surface area contributed by atoms with E-state index in [1.807, 2.05) is 13.8 Å². The maximum Gasteiger partial charge on any atom is -0.0281 e. The summed E-state index contributed by atoms with van der Waals surface area (Å²) < 4.78 is 0. The average Bonchev–Trinajstić information content (AvgIpc) is 2.60. The minimum absolute atomic E-state index is 1.16. The van der Waals surface area contributed by atoms with Gasteiger partial charge in [-0.3, -0.25) is 0 Å². The van der Waals surface area contributed by atoms with Crippen LogP contribution in [0, 0.1) is 13.8 Å². The molecule has 23 heavy (non-hydrogen) atoms. The predicted octanol–water partition coefficient (Wildman–Crippen LogP) is 7.09. The molecule has 0 aliphatic heterocycles. The van der Waals surface area contributed by atoms with E-state index in [0.29, 0.717) is 0 Å². The molecule has 128 valence electrons. The second-order valence-corrected chi connectivity index (χ2v) is 5.64. The zero-order chi connectivity index (χ0) is 17.7. The minimum Gasteiger partial charge on any atom is -0.0683 e. The molecule has 2 aromatic carbocycles. The summed E-state index contributed by atoms with van der Waals surface area (Å²) in [6.45, 7) is 15.0. The Bertz CT molecular complexity index is 514. The lowest BCUT2D eigenvalue weighted by Crippen LogP contribution is -1.88. The molecular formula is C23H36. The van der Waals surface area contributed by atoms with Gasteiger partial charge in [-0.25, -0.2) is 0 Å². The molecule has 0 saturated heterocycles. The highest BCUT2D eigenvalue weighted by atomic mass is 14.0. The van der Waals surface area contributed by atoms with Crippen molar-refractivity contribution in [3.8, 4) is 0 Å². The molecule has 0 nitrogen and oxygen atoms in total. The van der Waals surface area contributed by atoms with E-state index in [4.69, 9.17) is 0 Å². The Morgan fingerprint density at radius 2 is 1.22 bits per heavy atom. The summed E-state index contributed by atoms with van der Waals surface area (Å²) in [6, 6.07) is 15.4. The van der Waals surface area contributed by atoms with E-state index < -0.39 is 0 Å². The lowest BCUT2D eigenvalue weighted by molar-refractivity contribution is 0.919. The van der Waals surface area contributed by atoms with Crippen molar-refractivity contribution < 1.29 is 0 Å². The van der Waals surface area contributed by atoms with E-state index in [1.54, 1.807) is 0 Å². The second-order valence-electron chi connectivity index (χ2n) is 5.64. The summed E-state index contributed by atoms with van der Waals surface area (Å²) in [4.78, 5) is 0. The Morgan fingerprint density at radius 1 is 0.696 bits per heavy atom. The summed E-state index contributed by atoms with van der Waals surface area (Å²) in [5.74, 6) is 0. The second kappa shape index (κ2) is 12.9. The van der Waals surface area contributed by atoms with Crippen molar-refractivity contribution in [1.82, 2.24) is 0 Å². The van der Waals surface area contributed by atoms with Gasteiger partial charge in [-0.2, -0.15) is 0 Å². The van der Waals surface area contributed by atoms with Crippen LogP contribution in [0.15, 0.2) is 42.5 Å². The first-order valence-electron chi connectivity index (χ1n) is 9.25. The molecule has 2 aromatic rings. The van der Waals surface area contributed by atoms with E-state index in [9.17, 15) is 0 Å². The van der Waals surface area contributed by atoms with Crippen molar-refractivity contribution in [3.05, 3.63) is 70.3 Å². The molecule has 0 saturated carbocycles. The SMILES string of the molecule is CC.CCCc1ccc(C)c(C)c1.CCc1ccccc1CC. The highest BCUT2D eigenvalue weighted by molar-refractivity contribution is 5.30. The molecule has 0 radical (unpaired) electrons. The van der Waals surface area contributed by atoms with E-state index in [2.05, 4.69) is 77.1 Å². The Hall–Kier alpha value is -1.56. The summed E-state index contributed by atoms with van der Waals surface area (Å²) >= 11 is 0. The van der Waals surface area contributed by atoms with Crippen molar-refractivity contribution >= 4 is 0 Å². The predicted molar refractivity (Wildman–Crippen MR) is 106 cm³/mol. The van der Waals surface area contributed by atoms with Crippen LogP contribution in [0.3, 0.4) is 0 Å². The Balaban J connectivity index is 0.000000381. The van der Waals surface area contributed by atoms with Crippen LogP contribution in [0.25, 0.3) is 0 Å². The molecular weight excluding hydrogens is 276 g/mol.